The van der Waals surface area contributed by atoms with Crippen LogP contribution in [0.15, 0.2) is 54.9 Å². The third-order valence-corrected chi connectivity index (χ3v) is 4.32. The number of tetrazole rings is 1. The Bertz CT molecular complexity index is 890. The second-order valence-corrected chi connectivity index (χ2v) is 6.20. The lowest BCUT2D eigenvalue weighted by atomic mass is 10.1. The van der Waals surface area contributed by atoms with Gasteiger partial charge in [0, 0.05) is 12.3 Å². The van der Waals surface area contributed by atoms with Gasteiger partial charge in [0.1, 0.15) is 18.7 Å². The number of benzene rings is 2. The predicted molar refractivity (Wildman–Crippen MR) is 98.0 cm³/mol. The molecule has 27 heavy (non-hydrogen) atoms. The standard InChI is InChI=1S/C19H19N5O3/c25-19(21-14-7-9-15(10-8-14)24-13-20-22-23-24)17-5-1-2-6-18(17)27-12-16-4-3-11-26-16/h1-2,5-10,13,16H,3-4,11-12H2,(H,21,25). The first-order chi connectivity index (χ1) is 13.3. The van der Waals surface area contributed by atoms with Gasteiger partial charge < -0.3 is 14.8 Å². The summed E-state index contributed by atoms with van der Waals surface area (Å²) in [4.78, 5) is 12.7. The Kier molecular flexibility index (Phi) is 5.06. The molecule has 1 unspecified atom stereocenters. The molecule has 8 nitrogen and oxygen atoms in total. The molecule has 0 radical (unpaired) electrons. The van der Waals surface area contributed by atoms with Crippen LogP contribution in [0.3, 0.4) is 0 Å². The van der Waals surface area contributed by atoms with Gasteiger partial charge in [-0.2, -0.15) is 0 Å². The first-order valence-electron chi connectivity index (χ1n) is 8.78. The number of hydrogen-bond donors (Lipinski definition) is 1. The Morgan fingerprint density at radius 2 is 2.07 bits per heavy atom. The number of carbonyl (C=O) groups excluding carboxylic acids is 1. The lowest BCUT2D eigenvalue weighted by Crippen LogP contribution is -2.19. The van der Waals surface area contributed by atoms with Crippen LogP contribution in [-0.2, 0) is 4.74 Å². The molecule has 2 heterocycles. The summed E-state index contributed by atoms with van der Waals surface area (Å²) >= 11 is 0. The molecule has 4 rings (SSSR count). The molecule has 1 saturated heterocycles. The molecule has 1 aliphatic rings. The van der Waals surface area contributed by atoms with Crippen molar-refractivity contribution in [1.29, 1.82) is 0 Å². The summed E-state index contributed by atoms with van der Waals surface area (Å²) in [6.45, 7) is 1.22. The molecular weight excluding hydrogens is 346 g/mol. The van der Waals surface area contributed by atoms with Gasteiger partial charge in [0.25, 0.3) is 5.91 Å². The zero-order valence-corrected chi connectivity index (χ0v) is 14.6. The summed E-state index contributed by atoms with van der Waals surface area (Å²) in [7, 11) is 0. The lowest BCUT2D eigenvalue weighted by Gasteiger charge is -2.14. The highest BCUT2D eigenvalue weighted by Crippen LogP contribution is 2.22. The highest BCUT2D eigenvalue weighted by Gasteiger charge is 2.18. The monoisotopic (exact) mass is 365 g/mol. The fourth-order valence-corrected chi connectivity index (χ4v) is 2.91. The summed E-state index contributed by atoms with van der Waals surface area (Å²) in [6, 6.07) is 14.4. The smallest absolute Gasteiger partial charge is 0.259 e. The molecule has 2 aromatic carbocycles. The van der Waals surface area contributed by atoms with Gasteiger partial charge in [0.15, 0.2) is 0 Å². The molecule has 1 aliphatic heterocycles. The van der Waals surface area contributed by atoms with Crippen LogP contribution in [-0.4, -0.2) is 45.4 Å². The number of para-hydroxylation sites is 1. The van der Waals surface area contributed by atoms with Crippen LogP contribution in [0.1, 0.15) is 23.2 Å². The number of rotatable bonds is 6. The Morgan fingerprint density at radius 1 is 1.22 bits per heavy atom. The van der Waals surface area contributed by atoms with Crippen molar-refractivity contribution in [3.63, 3.8) is 0 Å². The van der Waals surface area contributed by atoms with Crippen LogP contribution < -0.4 is 10.1 Å². The first kappa shape index (κ1) is 17.2. The second-order valence-electron chi connectivity index (χ2n) is 6.20. The van der Waals surface area contributed by atoms with Gasteiger partial charge in [-0.15, -0.1) is 5.10 Å². The average molecular weight is 365 g/mol. The molecule has 1 fully saturated rings. The molecule has 1 aromatic heterocycles. The number of amides is 1. The number of hydrogen-bond acceptors (Lipinski definition) is 6. The molecule has 0 spiro atoms. The first-order valence-corrected chi connectivity index (χ1v) is 8.78. The van der Waals surface area contributed by atoms with E-state index in [4.69, 9.17) is 9.47 Å². The number of nitrogens with one attached hydrogen (secondary N) is 1. The maximum atomic E-state index is 12.7. The van der Waals surface area contributed by atoms with Gasteiger partial charge >= 0.3 is 0 Å². The normalized spacial score (nSPS) is 16.2. The Labute approximate surface area is 156 Å². The molecule has 1 atom stereocenters. The Balaban J connectivity index is 1.43. The van der Waals surface area contributed by atoms with E-state index in [1.165, 1.54) is 6.33 Å². The molecule has 8 heteroatoms. The van der Waals surface area contributed by atoms with Gasteiger partial charge in [-0.05, 0) is 59.7 Å². The van der Waals surface area contributed by atoms with Crippen molar-refractivity contribution in [2.45, 2.75) is 18.9 Å². The quantitative estimate of drug-likeness (QED) is 0.722. The van der Waals surface area contributed by atoms with Crippen molar-refractivity contribution in [3.05, 3.63) is 60.4 Å². The number of carbonyl (C=O) groups is 1. The topological polar surface area (TPSA) is 91.2 Å². The van der Waals surface area contributed by atoms with E-state index >= 15 is 0 Å². The Morgan fingerprint density at radius 3 is 2.81 bits per heavy atom. The van der Waals surface area contributed by atoms with Crippen LogP contribution in [0.2, 0.25) is 0 Å². The second kappa shape index (κ2) is 7.96. The highest BCUT2D eigenvalue weighted by molar-refractivity contribution is 6.06. The molecule has 1 N–H and O–H groups in total. The summed E-state index contributed by atoms with van der Waals surface area (Å²) in [5.41, 5.74) is 1.96. The van der Waals surface area contributed by atoms with Crippen molar-refractivity contribution in [3.8, 4) is 11.4 Å². The van der Waals surface area contributed by atoms with Crippen LogP contribution in [0.25, 0.3) is 5.69 Å². The number of nitrogens with zero attached hydrogens (tertiary/aromatic N) is 4. The summed E-state index contributed by atoms with van der Waals surface area (Å²) < 4.78 is 12.9. The van der Waals surface area contributed by atoms with Gasteiger partial charge in [-0.25, -0.2) is 4.68 Å². The molecule has 1 amide bonds. The Hall–Kier alpha value is -3.26. The van der Waals surface area contributed by atoms with Gasteiger partial charge in [-0.1, -0.05) is 12.1 Å². The zero-order valence-electron chi connectivity index (χ0n) is 14.6. The number of anilines is 1. The van der Waals surface area contributed by atoms with Crippen molar-refractivity contribution in [1.82, 2.24) is 20.2 Å². The van der Waals surface area contributed by atoms with Crippen LogP contribution in [0, 0.1) is 0 Å². The van der Waals surface area contributed by atoms with E-state index in [1.54, 1.807) is 28.9 Å². The number of aromatic nitrogens is 4. The minimum atomic E-state index is -0.229. The SMILES string of the molecule is O=C(Nc1ccc(-n2cnnn2)cc1)c1ccccc1OCC1CCCO1. The van der Waals surface area contributed by atoms with Crippen molar-refractivity contribution in [2.75, 3.05) is 18.5 Å². The number of ether oxygens (including phenoxy) is 2. The van der Waals surface area contributed by atoms with E-state index < -0.39 is 0 Å². The van der Waals surface area contributed by atoms with Crippen molar-refractivity contribution < 1.29 is 14.3 Å². The van der Waals surface area contributed by atoms with E-state index in [-0.39, 0.29) is 12.0 Å². The molecule has 138 valence electrons. The summed E-state index contributed by atoms with van der Waals surface area (Å²) in [5.74, 6) is 0.323. The molecule has 0 aliphatic carbocycles. The van der Waals surface area contributed by atoms with E-state index in [1.807, 2.05) is 24.3 Å². The summed E-state index contributed by atoms with van der Waals surface area (Å²) in [5, 5.41) is 13.9. The van der Waals surface area contributed by atoms with Crippen molar-refractivity contribution >= 4 is 11.6 Å². The van der Waals surface area contributed by atoms with E-state index in [2.05, 4.69) is 20.8 Å². The van der Waals surface area contributed by atoms with Crippen LogP contribution in [0.5, 0.6) is 5.75 Å². The summed E-state index contributed by atoms with van der Waals surface area (Å²) in [6.07, 6.45) is 3.65. The fraction of sp³-hybridized carbons (Fsp3) is 0.263. The largest absolute Gasteiger partial charge is 0.490 e. The predicted octanol–water partition coefficient (Wildman–Crippen LogP) is 2.47. The molecular formula is C19H19N5O3. The van der Waals surface area contributed by atoms with Crippen LogP contribution in [0.4, 0.5) is 5.69 Å². The maximum absolute atomic E-state index is 12.7. The van der Waals surface area contributed by atoms with Crippen molar-refractivity contribution in [2.24, 2.45) is 0 Å². The van der Waals surface area contributed by atoms with Gasteiger partial charge in [0.05, 0.1) is 17.4 Å². The lowest BCUT2D eigenvalue weighted by molar-refractivity contribution is 0.0673. The third kappa shape index (κ3) is 4.12. The molecule has 3 aromatic rings. The van der Waals surface area contributed by atoms with E-state index in [9.17, 15) is 4.79 Å². The fourth-order valence-electron chi connectivity index (χ4n) is 2.91. The third-order valence-electron chi connectivity index (χ3n) is 4.32. The highest BCUT2D eigenvalue weighted by atomic mass is 16.5. The van der Waals surface area contributed by atoms with Gasteiger partial charge in [-0.3, -0.25) is 4.79 Å². The molecule has 0 saturated carbocycles. The minimum Gasteiger partial charge on any atom is -0.490 e. The minimum absolute atomic E-state index is 0.0972. The van der Waals surface area contributed by atoms with Gasteiger partial charge in [0.2, 0.25) is 0 Å². The maximum Gasteiger partial charge on any atom is 0.259 e. The van der Waals surface area contributed by atoms with Crippen LogP contribution >= 0.6 is 0 Å². The average Bonchev–Trinajstić information content (AvgIpc) is 3.41. The zero-order chi connectivity index (χ0) is 18.5. The van der Waals surface area contributed by atoms with E-state index in [0.29, 0.717) is 23.6 Å². The molecule has 0 bridgehead atoms. The van der Waals surface area contributed by atoms with E-state index in [0.717, 1.165) is 25.1 Å².